The summed E-state index contributed by atoms with van der Waals surface area (Å²) in [7, 11) is 3.72. The number of halogens is 1. The van der Waals surface area contributed by atoms with Crippen LogP contribution in [0.5, 0.6) is 0 Å². The summed E-state index contributed by atoms with van der Waals surface area (Å²) in [6.07, 6.45) is 5.39. The Labute approximate surface area is 179 Å². The molecule has 8 nitrogen and oxygen atoms in total. The van der Waals surface area contributed by atoms with Crippen molar-refractivity contribution in [2.45, 2.75) is 18.9 Å². The Kier molecular flexibility index (Phi) is 5.75. The molecule has 0 spiro atoms. The Morgan fingerprint density at radius 3 is 2.84 bits per heavy atom. The number of carbonyl (C=O) groups excluding carboxylic acids is 1. The predicted octanol–water partition coefficient (Wildman–Crippen LogP) is 1.92. The highest BCUT2D eigenvalue weighted by atomic mass is 19.1. The van der Waals surface area contributed by atoms with Gasteiger partial charge in [0.1, 0.15) is 12.4 Å². The lowest BCUT2D eigenvalue weighted by Crippen LogP contribution is -2.35. The van der Waals surface area contributed by atoms with E-state index in [0.29, 0.717) is 24.6 Å². The van der Waals surface area contributed by atoms with Crippen LogP contribution in [-0.2, 0) is 11.3 Å². The highest BCUT2D eigenvalue weighted by Gasteiger charge is 2.31. The molecule has 1 amide bonds. The van der Waals surface area contributed by atoms with Crippen LogP contribution < -0.4 is 10.6 Å². The van der Waals surface area contributed by atoms with E-state index in [-0.39, 0.29) is 24.2 Å². The van der Waals surface area contributed by atoms with E-state index in [2.05, 4.69) is 9.97 Å². The fourth-order valence-corrected chi connectivity index (χ4v) is 3.75. The molecule has 0 bridgehead atoms. The number of benzene rings is 1. The summed E-state index contributed by atoms with van der Waals surface area (Å²) in [5.74, 6) is 0.0634. The number of carbonyl (C=O) groups is 1. The first-order valence-corrected chi connectivity index (χ1v) is 10.0. The second kappa shape index (κ2) is 8.63. The summed E-state index contributed by atoms with van der Waals surface area (Å²) in [6, 6.07) is 7.97. The Morgan fingerprint density at radius 2 is 2.10 bits per heavy atom. The number of nitrogens with zero attached hydrogens (tertiary/aromatic N) is 6. The minimum Gasteiger partial charge on any atom is -0.347 e. The summed E-state index contributed by atoms with van der Waals surface area (Å²) in [5, 5.41) is 0. The smallest absolute Gasteiger partial charge is 0.347 e. The highest BCUT2D eigenvalue weighted by molar-refractivity contribution is 5.76. The van der Waals surface area contributed by atoms with Crippen molar-refractivity contribution >= 4 is 11.9 Å². The molecule has 1 atom stereocenters. The van der Waals surface area contributed by atoms with Gasteiger partial charge in [-0.15, -0.1) is 0 Å². The van der Waals surface area contributed by atoms with E-state index < -0.39 is 5.69 Å². The van der Waals surface area contributed by atoms with Crippen LogP contribution in [0.1, 0.15) is 18.0 Å². The van der Waals surface area contributed by atoms with Crippen LogP contribution in [0, 0.1) is 5.82 Å². The molecule has 9 heteroatoms. The fourth-order valence-electron chi connectivity index (χ4n) is 3.75. The van der Waals surface area contributed by atoms with Gasteiger partial charge >= 0.3 is 5.69 Å². The number of likely N-dealkylation sites (tertiary alicyclic amines) is 1. The molecule has 1 unspecified atom stereocenters. The van der Waals surface area contributed by atoms with Crippen LogP contribution in [0.3, 0.4) is 0 Å². The molecule has 3 heterocycles. The molecule has 1 aliphatic rings. The Bertz CT molecular complexity index is 1160. The van der Waals surface area contributed by atoms with Gasteiger partial charge < -0.3 is 9.80 Å². The van der Waals surface area contributed by atoms with Gasteiger partial charge in [-0.25, -0.2) is 24.1 Å². The monoisotopic (exact) mass is 422 g/mol. The zero-order valence-electron chi connectivity index (χ0n) is 17.4. The number of rotatable bonds is 5. The predicted molar refractivity (Wildman–Crippen MR) is 114 cm³/mol. The van der Waals surface area contributed by atoms with E-state index in [1.807, 2.05) is 25.1 Å². The largest absolute Gasteiger partial charge is 0.347 e. The van der Waals surface area contributed by atoms with Gasteiger partial charge in [-0.2, -0.15) is 0 Å². The van der Waals surface area contributed by atoms with Crippen LogP contribution in [0.15, 0.2) is 53.7 Å². The van der Waals surface area contributed by atoms with E-state index in [1.165, 1.54) is 22.9 Å². The molecule has 1 saturated heterocycles. The number of amides is 1. The average Bonchev–Trinajstić information content (AvgIpc) is 3.25. The maximum absolute atomic E-state index is 13.8. The number of aromatic nitrogens is 4. The third kappa shape index (κ3) is 4.45. The van der Waals surface area contributed by atoms with Crippen LogP contribution >= 0.6 is 0 Å². The average molecular weight is 422 g/mol. The van der Waals surface area contributed by atoms with Crippen molar-refractivity contribution in [3.8, 4) is 11.1 Å². The van der Waals surface area contributed by atoms with Crippen molar-refractivity contribution in [1.29, 1.82) is 0 Å². The minimum absolute atomic E-state index is 0.0189. The summed E-state index contributed by atoms with van der Waals surface area (Å²) in [4.78, 5) is 41.0. The third-order valence-corrected chi connectivity index (χ3v) is 5.36. The van der Waals surface area contributed by atoms with Crippen LogP contribution in [0.2, 0.25) is 0 Å². The van der Waals surface area contributed by atoms with E-state index in [1.54, 1.807) is 29.4 Å². The second-order valence-electron chi connectivity index (χ2n) is 7.73. The maximum atomic E-state index is 13.8. The van der Waals surface area contributed by atoms with Gasteiger partial charge in [-0.05, 0) is 30.2 Å². The van der Waals surface area contributed by atoms with E-state index in [9.17, 15) is 14.0 Å². The van der Waals surface area contributed by atoms with Gasteiger partial charge in [-0.1, -0.05) is 12.1 Å². The quantitative estimate of drug-likeness (QED) is 0.625. The first kappa shape index (κ1) is 20.6. The summed E-state index contributed by atoms with van der Waals surface area (Å²) in [5.41, 5.74) is 1.80. The minimum atomic E-state index is -0.452. The molecule has 1 aliphatic heterocycles. The van der Waals surface area contributed by atoms with Crippen molar-refractivity contribution in [1.82, 2.24) is 24.4 Å². The lowest BCUT2D eigenvalue weighted by atomic mass is 9.96. The number of hydrogen-bond donors (Lipinski definition) is 0. The zero-order chi connectivity index (χ0) is 22.0. The van der Waals surface area contributed by atoms with Crippen molar-refractivity contribution in [3.05, 3.63) is 70.9 Å². The van der Waals surface area contributed by atoms with Crippen molar-refractivity contribution in [3.63, 3.8) is 0 Å². The second-order valence-corrected chi connectivity index (χ2v) is 7.73. The van der Waals surface area contributed by atoms with Crippen LogP contribution in [0.25, 0.3) is 11.1 Å². The van der Waals surface area contributed by atoms with Gasteiger partial charge in [0.2, 0.25) is 11.9 Å². The van der Waals surface area contributed by atoms with Gasteiger partial charge in [0, 0.05) is 57.3 Å². The summed E-state index contributed by atoms with van der Waals surface area (Å²) in [6.45, 7) is 0.977. The van der Waals surface area contributed by atoms with E-state index in [4.69, 9.17) is 4.98 Å². The highest BCUT2D eigenvalue weighted by Crippen LogP contribution is 2.34. The van der Waals surface area contributed by atoms with Gasteiger partial charge in [0.15, 0.2) is 0 Å². The topological polar surface area (TPSA) is 84.2 Å². The van der Waals surface area contributed by atoms with Crippen LogP contribution in [0.4, 0.5) is 10.3 Å². The molecule has 0 aliphatic carbocycles. The number of anilines is 1. The molecule has 1 fully saturated rings. The third-order valence-electron chi connectivity index (χ3n) is 5.36. The fraction of sp³-hybridized carbons (Fsp3) is 0.318. The van der Waals surface area contributed by atoms with E-state index >= 15 is 0 Å². The molecule has 1 aromatic carbocycles. The van der Waals surface area contributed by atoms with Gasteiger partial charge in [-0.3, -0.25) is 9.36 Å². The summed E-state index contributed by atoms with van der Waals surface area (Å²) >= 11 is 0. The normalized spacial score (nSPS) is 15.8. The molecule has 2 aromatic heterocycles. The van der Waals surface area contributed by atoms with Crippen molar-refractivity contribution in [2.75, 3.05) is 32.1 Å². The summed E-state index contributed by atoms with van der Waals surface area (Å²) < 4.78 is 15.1. The van der Waals surface area contributed by atoms with Crippen molar-refractivity contribution in [2.24, 2.45) is 0 Å². The molecular formula is C22H23FN6O2. The Morgan fingerprint density at radius 1 is 1.26 bits per heavy atom. The molecule has 160 valence electrons. The lowest BCUT2D eigenvalue weighted by molar-refractivity contribution is -0.130. The standard InChI is InChI=1S/C22H23FN6O2/c1-27(2)21-25-12-18(15-5-3-6-17(23)11-15)20(26-21)16-7-10-28(13-16)19(30)14-29-9-4-8-24-22(29)31/h3-6,8-9,11-12,16H,7,10,13-14H2,1-2H3. The van der Waals surface area contributed by atoms with Crippen molar-refractivity contribution < 1.29 is 9.18 Å². The maximum Gasteiger partial charge on any atom is 0.347 e. The van der Waals surface area contributed by atoms with Gasteiger partial charge in [0.25, 0.3) is 0 Å². The number of hydrogen-bond acceptors (Lipinski definition) is 6. The Balaban J connectivity index is 1.60. The molecule has 4 rings (SSSR count). The Hall–Kier alpha value is -3.62. The molecule has 31 heavy (non-hydrogen) atoms. The molecular weight excluding hydrogens is 399 g/mol. The lowest BCUT2D eigenvalue weighted by Gasteiger charge is -2.20. The molecule has 3 aromatic rings. The first-order chi connectivity index (χ1) is 14.9. The SMILES string of the molecule is CN(C)c1ncc(-c2cccc(F)c2)c(C2CCN(C(=O)Cn3cccnc3=O)C2)n1. The molecule has 0 radical (unpaired) electrons. The molecule has 0 saturated carbocycles. The van der Waals surface area contributed by atoms with Crippen LogP contribution in [-0.4, -0.2) is 57.5 Å². The van der Waals surface area contributed by atoms with E-state index in [0.717, 1.165) is 17.7 Å². The van der Waals surface area contributed by atoms with Gasteiger partial charge in [0.05, 0.1) is 5.69 Å². The molecule has 0 N–H and O–H groups in total. The zero-order valence-corrected chi connectivity index (χ0v) is 17.4. The first-order valence-electron chi connectivity index (χ1n) is 10.0.